The molecule has 1 heterocycles. The van der Waals surface area contributed by atoms with Gasteiger partial charge in [-0.25, -0.2) is 8.42 Å². The van der Waals surface area contributed by atoms with E-state index in [0.29, 0.717) is 17.9 Å². The van der Waals surface area contributed by atoms with Crippen molar-refractivity contribution < 1.29 is 17.9 Å². The van der Waals surface area contributed by atoms with E-state index in [9.17, 15) is 13.2 Å². The minimum Gasteiger partial charge on any atom is -0.497 e. The zero-order chi connectivity index (χ0) is 18.7. The van der Waals surface area contributed by atoms with Gasteiger partial charge in [0.25, 0.3) is 0 Å². The summed E-state index contributed by atoms with van der Waals surface area (Å²) in [6, 6.07) is 13.7. The van der Waals surface area contributed by atoms with Gasteiger partial charge in [0.15, 0.2) is 9.84 Å². The van der Waals surface area contributed by atoms with Gasteiger partial charge in [-0.05, 0) is 48.4 Å². The predicted molar refractivity (Wildman–Crippen MR) is 100 cm³/mol. The summed E-state index contributed by atoms with van der Waals surface area (Å²) in [5, 5.41) is -0.0542. The van der Waals surface area contributed by atoms with Crippen LogP contribution < -0.4 is 4.74 Å². The molecule has 1 amide bonds. The third-order valence-corrected chi connectivity index (χ3v) is 6.93. The van der Waals surface area contributed by atoms with E-state index in [1.807, 2.05) is 24.3 Å². The molecule has 0 radical (unpaired) electrons. The van der Waals surface area contributed by atoms with Gasteiger partial charge in [-0.1, -0.05) is 23.7 Å². The van der Waals surface area contributed by atoms with Gasteiger partial charge in [0.05, 0.1) is 12.0 Å². The van der Waals surface area contributed by atoms with E-state index >= 15 is 0 Å². The fourth-order valence-corrected chi connectivity index (χ4v) is 4.64. The number of benzene rings is 2. The number of nitrogens with zero attached hydrogens (tertiary/aromatic N) is 1. The highest BCUT2D eigenvalue weighted by Crippen LogP contribution is 2.25. The normalized spacial score (nSPS) is 14.8. The van der Waals surface area contributed by atoms with E-state index in [-0.39, 0.29) is 23.9 Å². The first-order valence-corrected chi connectivity index (χ1v) is 10.2. The van der Waals surface area contributed by atoms with Gasteiger partial charge >= 0.3 is 0 Å². The molecule has 0 N–H and O–H groups in total. The van der Waals surface area contributed by atoms with E-state index in [1.165, 1.54) is 12.1 Å². The molecule has 1 saturated heterocycles. The lowest BCUT2D eigenvalue weighted by Gasteiger charge is -2.38. The fourth-order valence-electron chi connectivity index (χ4n) is 2.86. The number of hydrogen-bond acceptors (Lipinski definition) is 4. The molecule has 0 aromatic heterocycles. The Morgan fingerprint density at radius 3 is 2.31 bits per heavy atom. The smallest absolute Gasteiger partial charge is 0.222 e. The van der Waals surface area contributed by atoms with Crippen LogP contribution in [0.2, 0.25) is 5.02 Å². The second-order valence-electron chi connectivity index (χ2n) is 6.27. The van der Waals surface area contributed by atoms with Crippen LogP contribution in [0.3, 0.4) is 0 Å². The summed E-state index contributed by atoms with van der Waals surface area (Å²) in [5.74, 6) is 0.751. The molecule has 0 unspecified atom stereocenters. The first kappa shape index (κ1) is 18.7. The highest BCUT2D eigenvalue weighted by atomic mass is 35.5. The Morgan fingerprint density at radius 1 is 1.12 bits per heavy atom. The Hall–Kier alpha value is -2.05. The molecular formula is C19H20ClNO4S. The standard InChI is InChI=1S/C19H20ClNO4S/c1-25-16-7-2-14(3-8-16)4-11-19(22)21-12-18(13-21)26(23,24)17-9-5-15(20)6-10-17/h2-3,5-10,18H,4,11-13H2,1H3. The molecular weight excluding hydrogens is 374 g/mol. The number of aryl methyl sites for hydroxylation is 1. The van der Waals surface area contributed by atoms with E-state index in [4.69, 9.17) is 16.3 Å². The van der Waals surface area contributed by atoms with Crippen LogP contribution in [0.1, 0.15) is 12.0 Å². The number of methoxy groups -OCH3 is 1. The monoisotopic (exact) mass is 393 g/mol. The Bertz CT molecular complexity index is 873. The summed E-state index contributed by atoms with van der Waals surface area (Å²) >= 11 is 5.80. The molecule has 0 bridgehead atoms. The van der Waals surface area contributed by atoms with Crippen molar-refractivity contribution in [2.24, 2.45) is 0 Å². The molecule has 0 atom stereocenters. The SMILES string of the molecule is COc1ccc(CCC(=O)N2CC(S(=O)(=O)c3ccc(Cl)cc3)C2)cc1. The van der Waals surface area contributed by atoms with Gasteiger partial charge in [-0.15, -0.1) is 0 Å². The van der Waals surface area contributed by atoms with E-state index < -0.39 is 15.1 Å². The van der Waals surface area contributed by atoms with Crippen molar-refractivity contribution in [1.82, 2.24) is 4.90 Å². The highest BCUT2D eigenvalue weighted by molar-refractivity contribution is 7.92. The number of carbonyl (C=O) groups is 1. The zero-order valence-corrected chi connectivity index (χ0v) is 16.0. The maximum absolute atomic E-state index is 12.5. The summed E-state index contributed by atoms with van der Waals surface area (Å²) < 4.78 is 30.2. The summed E-state index contributed by atoms with van der Waals surface area (Å²) in [6.45, 7) is 0.485. The largest absolute Gasteiger partial charge is 0.497 e. The van der Waals surface area contributed by atoms with Crippen molar-refractivity contribution in [3.63, 3.8) is 0 Å². The molecule has 0 saturated carbocycles. The van der Waals surface area contributed by atoms with Crippen LogP contribution in [-0.2, 0) is 21.1 Å². The van der Waals surface area contributed by atoms with Gasteiger partial charge in [-0.2, -0.15) is 0 Å². The van der Waals surface area contributed by atoms with Gasteiger partial charge < -0.3 is 9.64 Å². The summed E-state index contributed by atoms with van der Waals surface area (Å²) in [5.41, 5.74) is 1.05. The molecule has 7 heteroatoms. The Morgan fingerprint density at radius 2 is 1.73 bits per heavy atom. The van der Waals surface area contributed by atoms with Crippen molar-refractivity contribution >= 4 is 27.3 Å². The second kappa shape index (κ2) is 7.68. The predicted octanol–water partition coefficient (Wildman–Crippen LogP) is 2.97. The third kappa shape index (κ3) is 4.02. The summed E-state index contributed by atoms with van der Waals surface area (Å²) in [6.07, 6.45) is 0.980. The highest BCUT2D eigenvalue weighted by Gasteiger charge is 2.40. The van der Waals surface area contributed by atoms with E-state index in [2.05, 4.69) is 0 Å². The maximum atomic E-state index is 12.5. The number of sulfone groups is 1. The number of ether oxygens (including phenoxy) is 1. The number of amides is 1. The van der Waals surface area contributed by atoms with Crippen molar-refractivity contribution in [2.75, 3.05) is 20.2 Å². The maximum Gasteiger partial charge on any atom is 0.222 e. The van der Waals surface area contributed by atoms with Crippen molar-refractivity contribution in [1.29, 1.82) is 0 Å². The molecule has 1 aliphatic rings. The van der Waals surface area contributed by atoms with Crippen molar-refractivity contribution in [3.05, 3.63) is 59.1 Å². The van der Waals surface area contributed by atoms with Crippen molar-refractivity contribution in [2.45, 2.75) is 23.0 Å². The molecule has 1 fully saturated rings. The number of carbonyl (C=O) groups excluding carboxylic acids is 1. The molecule has 5 nitrogen and oxygen atoms in total. The molecule has 2 aromatic carbocycles. The fraction of sp³-hybridized carbons (Fsp3) is 0.316. The lowest BCUT2D eigenvalue weighted by atomic mass is 10.1. The van der Waals surface area contributed by atoms with E-state index in [1.54, 1.807) is 24.1 Å². The van der Waals surface area contributed by atoms with Crippen LogP contribution in [0.25, 0.3) is 0 Å². The lowest BCUT2D eigenvalue weighted by Crippen LogP contribution is -2.56. The number of hydrogen-bond donors (Lipinski definition) is 0. The molecule has 3 rings (SSSR count). The average Bonchev–Trinajstić information content (AvgIpc) is 2.59. The minimum absolute atomic E-state index is 0.0247. The van der Waals surface area contributed by atoms with Gasteiger partial charge in [-0.3, -0.25) is 4.79 Å². The van der Waals surface area contributed by atoms with Crippen LogP contribution in [-0.4, -0.2) is 44.7 Å². The van der Waals surface area contributed by atoms with Crippen LogP contribution in [0, 0.1) is 0 Å². The van der Waals surface area contributed by atoms with Gasteiger partial charge in [0.1, 0.15) is 11.0 Å². The quantitative estimate of drug-likeness (QED) is 0.756. The molecule has 1 aliphatic heterocycles. The summed E-state index contributed by atoms with van der Waals surface area (Å²) in [4.78, 5) is 14.1. The van der Waals surface area contributed by atoms with Crippen LogP contribution >= 0.6 is 11.6 Å². The van der Waals surface area contributed by atoms with Crippen molar-refractivity contribution in [3.8, 4) is 5.75 Å². The zero-order valence-electron chi connectivity index (χ0n) is 14.4. The first-order chi connectivity index (χ1) is 12.4. The Labute approximate surface area is 158 Å². The van der Waals surface area contributed by atoms with Gasteiger partial charge in [0.2, 0.25) is 5.91 Å². The Balaban J connectivity index is 1.52. The second-order valence-corrected chi connectivity index (χ2v) is 8.93. The van der Waals surface area contributed by atoms with Crippen LogP contribution in [0.4, 0.5) is 0 Å². The lowest BCUT2D eigenvalue weighted by molar-refractivity contribution is -0.134. The molecule has 138 valence electrons. The van der Waals surface area contributed by atoms with Gasteiger partial charge in [0, 0.05) is 24.5 Å². The molecule has 26 heavy (non-hydrogen) atoms. The summed E-state index contributed by atoms with van der Waals surface area (Å²) in [7, 11) is -1.82. The van der Waals surface area contributed by atoms with Crippen LogP contribution in [0.15, 0.2) is 53.4 Å². The molecule has 2 aromatic rings. The molecule has 0 spiro atoms. The number of likely N-dealkylation sites (tertiary alicyclic amines) is 1. The first-order valence-electron chi connectivity index (χ1n) is 8.30. The third-order valence-electron chi connectivity index (χ3n) is 4.57. The molecule has 0 aliphatic carbocycles. The topological polar surface area (TPSA) is 63.7 Å². The van der Waals surface area contributed by atoms with Crippen LogP contribution in [0.5, 0.6) is 5.75 Å². The van der Waals surface area contributed by atoms with E-state index in [0.717, 1.165) is 11.3 Å². The number of rotatable bonds is 6. The Kier molecular flexibility index (Phi) is 5.53. The average molecular weight is 394 g/mol. The number of halogens is 1. The minimum atomic E-state index is -3.43.